The number of aliphatic hydroxyl groups excluding tert-OH is 1. The molecule has 3 nitrogen and oxygen atoms in total. The van der Waals surface area contributed by atoms with Crippen LogP contribution >= 0.6 is 0 Å². The van der Waals surface area contributed by atoms with E-state index in [4.69, 9.17) is 5.11 Å². The fourth-order valence-electron chi connectivity index (χ4n) is 1.67. The van der Waals surface area contributed by atoms with Crippen LogP contribution in [0.25, 0.3) is 0 Å². The third-order valence-corrected chi connectivity index (χ3v) is 2.49. The fraction of sp³-hybridized carbons (Fsp3) is 1.00. The minimum atomic E-state index is 0.295. The minimum Gasteiger partial charge on any atom is -0.396 e. The lowest BCUT2D eigenvalue weighted by atomic mass is 10.1. The van der Waals surface area contributed by atoms with E-state index in [1.54, 1.807) is 0 Å². The number of hydrogen-bond donors (Lipinski definition) is 2. The summed E-state index contributed by atoms with van der Waals surface area (Å²) in [7, 11) is 0. The van der Waals surface area contributed by atoms with Gasteiger partial charge in [-0.15, -0.1) is 0 Å². The van der Waals surface area contributed by atoms with E-state index >= 15 is 0 Å². The molecule has 1 unspecified atom stereocenters. The van der Waals surface area contributed by atoms with Crippen molar-refractivity contribution in [2.75, 3.05) is 26.2 Å². The minimum absolute atomic E-state index is 0.295. The molecule has 0 bridgehead atoms. The first-order chi connectivity index (χ1) is 5.74. The quantitative estimate of drug-likeness (QED) is 0.631. The molecule has 2 N–H and O–H groups in total. The largest absolute Gasteiger partial charge is 0.396 e. The van der Waals surface area contributed by atoms with Crippen LogP contribution in [0.5, 0.6) is 0 Å². The van der Waals surface area contributed by atoms with Crippen LogP contribution in [-0.4, -0.2) is 48.3 Å². The second-order valence-electron chi connectivity index (χ2n) is 3.75. The molecule has 0 spiro atoms. The average Bonchev–Trinajstić information content (AvgIpc) is 2.05. The number of aliphatic hydroxyl groups is 1. The summed E-state index contributed by atoms with van der Waals surface area (Å²) >= 11 is 0. The molecule has 1 atom stereocenters. The Balaban J connectivity index is 2.30. The van der Waals surface area contributed by atoms with E-state index in [9.17, 15) is 0 Å². The Hall–Kier alpha value is -0.120. The Kier molecular flexibility index (Phi) is 3.98. The zero-order valence-corrected chi connectivity index (χ0v) is 8.08. The van der Waals surface area contributed by atoms with Crippen molar-refractivity contribution in [3.05, 3.63) is 0 Å². The average molecular weight is 172 g/mol. The lowest BCUT2D eigenvalue weighted by molar-refractivity contribution is 0.144. The predicted molar refractivity (Wildman–Crippen MR) is 50.2 cm³/mol. The Morgan fingerprint density at radius 1 is 1.58 bits per heavy atom. The summed E-state index contributed by atoms with van der Waals surface area (Å²) in [6.07, 6.45) is 0.878. The van der Waals surface area contributed by atoms with Crippen molar-refractivity contribution in [3.63, 3.8) is 0 Å². The highest BCUT2D eigenvalue weighted by atomic mass is 16.3. The molecular formula is C9H20N2O. The van der Waals surface area contributed by atoms with Gasteiger partial charge in [0.05, 0.1) is 0 Å². The lowest BCUT2D eigenvalue weighted by Gasteiger charge is -2.36. The van der Waals surface area contributed by atoms with Crippen LogP contribution in [0.3, 0.4) is 0 Å². The molecule has 1 saturated heterocycles. The second kappa shape index (κ2) is 4.80. The second-order valence-corrected chi connectivity index (χ2v) is 3.75. The van der Waals surface area contributed by atoms with Crippen LogP contribution in [0, 0.1) is 0 Å². The zero-order valence-electron chi connectivity index (χ0n) is 8.08. The van der Waals surface area contributed by atoms with Crippen LogP contribution < -0.4 is 5.32 Å². The first-order valence-electron chi connectivity index (χ1n) is 4.82. The number of nitrogens with one attached hydrogen (secondary N) is 1. The van der Waals surface area contributed by atoms with Gasteiger partial charge in [-0.05, 0) is 20.3 Å². The Labute approximate surface area is 74.8 Å². The topological polar surface area (TPSA) is 35.5 Å². The van der Waals surface area contributed by atoms with Crippen molar-refractivity contribution >= 4 is 0 Å². The van der Waals surface area contributed by atoms with Gasteiger partial charge in [-0.1, -0.05) is 0 Å². The summed E-state index contributed by atoms with van der Waals surface area (Å²) in [4.78, 5) is 2.46. The smallest absolute Gasteiger partial charge is 0.0446 e. The molecule has 0 amide bonds. The molecule has 1 rings (SSSR count). The Morgan fingerprint density at radius 2 is 2.33 bits per heavy atom. The van der Waals surface area contributed by atoms with E-state index in [0.29, 0.717) is 18.7 Å². The van der Waals surface area contributed by atoms with Crippen molar-refractivity contribution in [1.82, 2.24) is 10.2 Å². The summed E-state index contributed by atoms with van der Waals surface area (Å²) in [5.74, 6) is 0. The fourth-order valence-corrected chi connectivity index (χ4v) is 1.67. The number of nitrogens with zero attached hydrogens (tertiary/aromatic N) is 1. The summed E-state index contributed by atoms with van der Waals surface area (Å²) in [6.45, 7) is 8.02. The van der Waals surface area contributed by atoms with Crippen molar-refractivity contribution < 1.29 is 5.11 Å². The molecule has 1 aliphatic rings. The van der Waals surface area contributed by atoms with Crippen molar-refractivity contribution in [2.45, 2.75) is 32.4 Å². The number of piperazine rings is 1. The number of hydrogen-bond acceptors (Lipinski definition) is 3. The highest BCUT2D eigenvalue weighted by Gasteiger charge is 2.19. The molecule has 12 heavy (non-hydrogen) atoms. The van der Waals surface area contributed by atoms with Gasteiger partial charge >= 0.3 is 0 Å². The molecule has 0 aromatic heterocycles. The van der Waals surface area contributed by atoms with Crippen LogP contribution in [0.2, 0.25) is 0 Å². The van der Waals surface area contributed by atoms with Gasteiger partial charge in [-0.25, -0.2) is 0 Å². The summed E-state index contributed by atoms with van der Waals surface area (Å²) in [6, 6.07) is 1.12. The molecule has 0 aliphatic carbocycles. The lowest BCUT2D eigenvalue weighted by Crippen LogP contribution is -2.52. The molecule has 3 heteroatoms. The van der Waals surface area contributed by atoms with E-state index in [1.807, 2.05) is 0 Å². The predicted octanol–water partition coefficient (Wildman–Crippen LogP) is 0.0510. The van der Waals surface area contributed by atoms with E-state index in [-0.39, 0.29) is 0 Å². The normalized spacial score (nSPS) is 26.5. The zero-order chi connectivity index (χ0) is 8.97. The van der Waals surface area contributed by atoms with Gasteiger partial charge in [0, 0.05) is 38.3 Å². The Bertz CT molecular complexity index is 126. The molecular weight excluding hydrogens is 152 g/mol. The molecule has 0 radical (unpaired) electrons. The van der Waals surface area contributed by atoms with E-state index < -0.39 is 0 Å². The van der Waals surface area contributed by atoms with Crippen molar-refractivity contribution in [3.8, 4) is 0 Å². The molecule has 0 aromatic carbocycles. The molecule has 1 aliphatic heterocycles. The van der Waals surface area contributed by atoms with Gasteiger partial charge in [-0.3, -0.25) is 4.90 Å². The van der Waals surface area contributed by atoms with E-state index in [1.165, 1.54) is 0 Å². The third-order valence-electron chi connectivity index (χ3n) is 2.49. The van der Waals surface area contributed by atoms with Gasteiger partial charge < -0.3 is 10.4 Å². The molecule has 0 saturated carbocycles. The summed E-state index contributed by atoms with van der Waals surface area (Å²) in [5.41, 5.74) is 0. The highest BCUT2D eigenvalue weighted by Crippen LogP contribution is 2.05. The molecule has 1 fully saturated rings. The van der Waals surface area contributed by atoms with Gasteiger partial charge in [0.15, 0.2) is 0 Å². The van der Waals surface area contributed by atoms with Crippen LogP contribution in [-0.2, 0) is 0 Å². The SMILES string of the molecule is CC(C)N1CCNC(CCO)C1. The Morgan fingerprint density at radius 3 is 2.92 bits per heavy atom. The third kappa shape index (κ3) is 2.73. The monoisotopic (exact) mass is 172 g/mol. The van der Waals surface area contributed by atoms with Crippen LogP contribution in [0.15, 0.2) is 0 Å². The van der Waals surface area contributed by atoms with Crippen LogP contribution in [0.4, 0.5) is 0 Å². The first-order valence-corrected chi connectivity index (χ1v) is 4.82. The van der Waals surface area contributed by atoms with Gasteiger partial charge in [0.2, 0.25) is 0 Å². The maximum Gasteiger partial charge on any atom is 0.0446 e. The standard InChI is InChI=1S/C9H20N2O/c1-8(2)11-5-4-10-9(7-11)3-6-12/h8-10,12H,3-7H2,1-2H3. The van der Waals surface area contributed by atoms with E-state index in [2.05, 4.69) is 24.1 Å². The van der Waals surface area contributed by atoms with Gasteiger partial charge in [0.25, 0.3) is 0 Å². The van der Waals surface area contributed by atoms with Gasteiger partial charge in [-0.2, -0.15) is 0 Å². The van der Waals surface area contributed by atoms with Gasteiger partial charge in [0.1, 0.15) is 0 Å². The van der Waals surface area contributed by atoms with Crippen LogP contribution in [0.1, 0.15) is 20.3 Å². The van der Waals surface area contributed by atoms with E-state index in [0.717, 1.165) is 26.1 Å². The summed E-state index contributed by atoms with van der Waals surface area (Å²) in [5, 5.41) is 12.2. The maximum absolute atomic E-state index is 8.78. The molecule has 1 heterocycles. The molecule has 0 aromatic rings. The molecule has 72 valence electrons. The number of rotatable bonds is 3. The summed E-state index contributed by atoms with van der Waals surface area (Å²) < 4.78 is 0. The van der Waals surface area contributed by atoms with Crippen molar-refractivity contribution in [2.24, 2.45) is 0 Å². The van der Waals surface area contributed by atoms with Crippen molar-refractivity contribution in [1.29, 1.82) is 0 Å². The first kappa shape index (κ1) is 9.96. The maximum atomic E-state index is 8.78. The highest BCUT2D eigenvalue weighted by molar-refractivity contribution is 4.79.